The van der Waals surface area contributed by atoms with Gasteiger partial charge in [-0.1, -0.05) is 0 Å². The first kappa shape index (κ1) is 12.1. The van der Waals surface area contributed by atoms with Crippen molar-refractivity contribution in [2.75, 3.05) is 6.54 Å². The van der Waals surface area contributed by atoms with Gasteiger partial charge in [0.15, 0.2) is 0 Å². The number of hydrogen-bond acceptors (Lipinski definition) is 6. The zero-order valence-electron chi connectivity index (χ0n) is 7.88. The summed E-state index contributed by atoms with van der Waals surface area (Å²) in [5.74, 6) is 4.52. The minimum atomic E-state index is -1.07. The number of hydrogen-bond donors (Lipinski definition) is 5. The predicted octanol–water partition coefficient (Wildman–Crippen LogP) is -1.30. The van der Waals surface area contributed by atoms with Crippen LogP contribution >= 0.6 is 11.3 Å². The second-order valence-electron chi connectivity index (χ2n) is 2.92. The van der Waals surface area contributed by atoms with Crippen molar-refractivity contribution in [3.63, 3.8) is 0 Å². The number of aliphatic hydroxyl groups excluding tert-OH is 2. The maximum Gasteiger partial charge on any atom is 0.275 e. The zero-order valence-corrected chi connectivity index (χ0v) is 8.70. The highest BCUT2D eigenvalue weighted by Crippen LogP contribution is 2.25. The fraction of sp³-hybridized carbons (Fsp3) is 0.375. The lowest BCUT2D eigenvalue weighted by Gasteiger charge is -2.13. The van der Waals surface area contributed by atoms with Crippen LogP contribution in [0.4, 0.5) is 0 Å². The molecule has 0 aliphatic heterocycles. The van der Waals surface area contributed by atoms with E-state index in [1.54, 1.807) is 6.07 Å². The van der Waals surface area contributed by atoms with E-state index in [1.807, 2.05) is 5.43 Å². The van der Waals surface area contributed by atoms with Crippen molar-refractivity contribution in [3.8, 4) is 0 Å². The number of thiophene rings is 1. The average molecular weight is 231 g/mol. The quantitative estimate of drug-likeness (QED) is 0.250. The molecule has 15 heavy (non-hydrogen) atoms. The second kappa shape index (κ2) is 5.19. The van der Waals surface area contributed by atoms with E-state index >= 15 is 0 Å². The van der Waals surface area contributed by atoms with Crippen LogP contribution in [0, 0.1) is 0 Å². The van der Waals surface area contributed by atoms with Gasteiger partial charge in [-0.05, 0) is 12.1 Å². The number of nitrogens with one attached hydrogen (secondary N) is 1. The Morgan fingerprint density at radius 2 is 2.20 bits per heavy atom. The summed E-state index contributed by atoms with van der Waals surface area (Å²) in [6.07, 6.45) is -2.10. The molecule has 84 valence electrons. The largest absolute Gasteiger partial charge is 0.389 e. The third-order valence-corrected chi connectivity index (χ3v) is 3.03. The van der Waals surface area contributed by atoms with E-state index in [9.17, 15) is 15.0 Å². The highest BCUT2D eigenvalue weighted by molar-refractivity contribution is 7.14. The van der Waals surface area contributed by atoms with Crippen molar-refractivity contribution >= 4 is 17.2 Å². The summed E-state index contributed by atoms with van der Waals surface area (Å²) in [4.78, 5) is 11.9. The van der Waals surface area contributed by atoms with Crippen LogP contribution in [-0.2, 0) is 0 Å². The molecular formula is C8H13N3O3S. The van der Waals surface area contributed by atoms with E-state index in [2.05, 4.69) is 0 Å². The number of nitrogen functional groups attached to an aromatic ring is 1. The number of aliphatic hydroxyl groups is 2. The predicted molar refractivity (Wildman–Crippen MR) is 56.0 cm³/mol. The fourth-order valence-corrected chi connectivity index (χ4v) is 1.98. The smallest absolute Gasteiger partial charge is 0.275 e. The molecule has 1 rings (SSSR count). The van der Waals surface area contributed by atoms with Crippen LogP contribution in [-0.4, -0.2) is 28.8 Å². The van der Waals surface area contributed by atoms with E-state index in [0.29, 0.717) is 9.75 Å². The second-order valence-corrected chi connectivity index (χ2v) is 4.04. The average Bonchev–Trinajstić information content (AvgIpc) is 2.75. The van der Waals surface area contributed by atoms with Gasteiger partial charge in [0.1, 0.15) is 6.10 Å². The molecule has 1 aromatic rings. The summed E-state index contributed by atoms with van der Waals surface area (Å²) in [6.45, 7) is -0.0442. The van der Waals surface area contributed by atoms with Gasteiger partial charge >= 0.3 is 0 Å². The van der Waals surface area contributed by atoms with E-state index in [4.69, 9.17) is 11.6 Å². The van der Waals surface area contributed by atoms with Gasteiger partial charge in [-0.15, -0.1) is 11.3 Å². The van der Waals surface area contributed by atoms with Gasteiger partial charge in [0.2, 0.25) is 0 Å². The molecule has 0 bridgehead atoms. The van der Waals surface area contributed by atoms with Crippen LogP contribution in [0.1, 0.15) is 20.7 Å². The fourth-order valence-electron chi connectivity index (χ4n) is 1.02. The summed E-state index contributed by atoms with van der Waals surface area (Å²) < 4.78 is 0. The summed E-state index contributed by atoms with van der Waals surface area (Å²) in [6, 6.07) is 3.08. The van der Waals surface area contributed by atoms with Crippen LogP contribution in [0.5, 0.6) is 0 Å². The molecule has 1 heterocycles. The number of amides is 1. The first-order valence-corrected chi connectivity index (χ1v) is 5.08. The van der Waals surface area contributed by atoms with E-state index in [1.165, 1.54) is 6.07 Å². The Kier molecular flexibility index (Phi) is 4.18. The van der Waals surface area contributed by atoms with Gasteiger partial charge in [-0.3, -0.25) is 10.2 Å². The molecule has 2 unspecified atom stereocenters. The van der Waals surface area contributed by atoms with Crippen molar-refractivity contribution in [2.45, 2.75) is 12.2 Å². The van der Waals surface area contributed by atoms with Crippen LogP contribution in [0.3, 0.4) is 0 Å². The van der Waals surface area contributed by atoms with E-state index in [-0.39, 0.29) is 6.54 Å². The monoisotopic (exact) mass is 231 g/mol. The standard InChI is InChI=1S/C8H13N3O3S/c9-3-4(12)7(13)5-1-2-6(15-5)8(14)11-10/h1-2,4,7,12-13H,3,9-10H2,(H,11,14). The molecule has 0 aromatic carbocycles. The first-order chi connectivity index (χ1) is 7.10. The SMILES string of the molecule is NCC(O)C(O)c1ccc(C(=O)NN)s1. The molecular weight excluding hydrogens is 218 g/mol. The lowest BCUT2D eigenvalue weighted by atomic mass is 10.2. The summed E-state index contributed by atoms with van der Waals surface area (Å²) in [5, 5.41) is 18.9. The Labute approximate surface area is 90.5 Å². The maximum absolute atomic E-state index is 11.1. The van der Waals surface area contributed by atoms with Gasteiger partial charge in [0.25, 0.3) is 5.91 Å². The van der Waals surface area contributed by atoms with Crippen molar-refractivity contribution in [1.29, 1.82) is 0 Å². The molecule has 0 spiro atoms. The number of rotatable bonds is 4. The molecule has 1 aromatic heterocycles. The molecule has 0 saturated heterocycles. The van der Waals surface area contributed by atoms with Gasteiger partial charge < -0.3 is 15.9 Å². The Hall–Kier alpha value is -0.990. The van der Waals surface area contributed by atoms with Gasteiger partial charge in [0.05, 0.1) is 11.0 Å². The Balaban J connectivity index is 2.79. The number of nitrogens with two attached hydrogens (primary N) is 2. The highest BCUT2D eigenvalue weighted by Gasteiger charge is 2.19. The molecule has 6 nitrogen and oxygen atoms in total. The van der Waals surface area contributed by atoms with Crippen LogP contribution in [0.2, 0.25) is 0 Å². The Morgan fingerprint density at radius 3 is 2.73 bits per heavy atom. The molecule has 1 amide bonds. The van der Waals surface area contributed by atoms with Gasteiger partial charge in [0, 0.05) is 11.4 Å². The molecule has 0 radical (unpaired) electrons. The molecule has 0 saturated carbocycles. The lowest BCUT2D eigenvalue weighted by molar-refractivity contribution is 0.0265. The zero-order chi connectivity index (χ0) is 11.4. The summed E-state index contributed by atoms with van der Waals surface area (Å²) >= 11 is 1.06. The molecule has 7 heteroatoms. The summed E-state index contributed by atoms with van der Waals surface area (Å²) in [7, 11) is 0. The number of hydrazine groups is 1. The summed E-state index contributed by atoms with van der Waals surface area (Å²) in [5.41, 5.74) is 7.18. The van der Waals surface area contributed by atoms with E-state index in [0.717, 1.165) is 11.3 Å². The molecule has 2 atom stereocenters. The van der Waals surface area contributed by atoms with Crippen molar-refractivity contribution < 1.29 is 15.0 Å². The molecule has 0 aliphatic carbocycles. The maximum atomic E-state index is 11.1. The molecule has 0 aliphatic rings. The minimum absolute atomic E-state index is 0.0442. The Morgan fingerprint density at radius 1 is 1.53 bits per heavy atom. The number of carbonyl (C=O) groups excluding carboxylic acids is 1. The Bertz CT molecular complexity index is 342. The highest BCUT2D eigenvalue weighted by atomic mass is 32.1. The van der Waals surface area contributed by atoms with Crippen LogP contribution < -0.4 is 17.0 Å². The van der Waals surface area contributed by atoms with E-state index < -0.39 is 18.1 Å². The van der Waals surface area contributed by atoms with Crippen molar-refractivity contribution in [3.05, 3.63) is 21.9 Å². The third-order valence-electron chi connectivity index (χ3n) is 1.88. The lowest BCUT2D eigenvalue weighted by Crippen LogP contribution is -2.29. The minimum Gasteiger partial charge on any atom is -0.389 e. The van der Waals surface area contributed by atoms with Crippen molar-refractivity contribution in [1.82, 2.24) is 5.43 Å². The van der Waals surface area contributed by atoms with Crippen LogP contribution in [0.15, 0.2) is 12.1 Å². The van der Waals surface area contributed by atoms with Crippen LogP contribution in [0.25, 0.3) is 0 Å². The third kappa shape index (κ3) is 2.74. The van der Waals surface area contributed by atoms with Gasteiger partial charge in [-0.2, -0.15) is 0 Å². The first-order valence-electron chi connectivity index (χ1n) is 4.27. The van der Waals surface area contributed by atoms with Gasteiger partial charge in [-0.25, -0.2) is 5.84 Å². The molecule has 0 fully saturated rings. The normalized spacial score (nSPS) is 14.7. The topological polar surface area (TPSA) is 122 Å². The molecule has 7 N–H and O–H groups in total. The van der Waals surface area contributed by atoms with Crippen molar-refractivity contribution in [2.24, 2.45) is 11.6 Å². The number of carbonyl (C=O) groups is 1.